The second kappa shape index (κ2) is 5.21. The van der Waals surface area contributed by atoms with E-state index in [1.165, 1.54) is 0 Å². The molecule has 2 rings (SSSR count). The fourth-order valence-corrected chi connectivity index (χ4v) is 2.24. The van der Waals surface area contributed by atoms with Gasteiger partial charge in [0.2, 0.25) is 0 Å². The number of ether oxygens (including phenoxy) is 1. The van der Waals surface area contributed by atoms with Gasteiger partial charge in [0, 0.05) is 31.5 Å². The molecule has 1 aromatic heterocycles. The van der Waals surface area contributed by atoms with Crippen LogP contribution < -0.4 is 5.73 Å². The summed E-state index contributed by atoms with van der Waals surface area (Å²) in [5.74, 6) is 2.04. The number of nitrogens with two attached hydrogens (primary N) is 1. The van der Waals surface area contributed by atoms with E-state index in [4.69, 9.17) is 14.9 Å². The quantitative estimate of drug-likeness (QED) is 0.804. The van der Waals surface area contributed by atoms with Gasteiger partial charge in [-0.1, -0.05) is 0 Å². The van der Waals surface area contributed by atoms with Crippen molar-refractivity contribution in [3.8, 4) is 0 Å². The molecule has 1 aliphatic heterocycles. The molecule has 0 amide bonds. The summed E-state index contributed by atoms with van der Waals surface area (Å²) < 4.78 is 10.8. The highest BCUT2D eigenvalue weighted by atomic mass is 16.5. The second-order valence-corrected chi connectivity index (χ2v) is 5.20. The first-order valence-corrected chi connectivity index (χ1v) is 6.15. The van der Waals surface area contributed by atoms with Gasteiger partial charge >= 0.3 is 0 Å². The number of hydrogen-bond donors (Lipinski definition) is 1. The predicted octanol–water partition coefficient (Wildman–Crippen LogP) is 1.04. The molecule has 2 N–H and O–H groups in total. The Morgan fingerprint density at radius 1 is 1.41 bits per heavy atom. The van der Waals surface area contributed by atoms with Gasteiger partial charge < -0.3 is 19.8 Å². The largest absolute Gasteiger partial charge is 0.466 e. The lowest BCUT2D eigenvalue weighted by Crippen LogP contribution is -2.54. The normalized spacial score (nSPS) is 18.4. The summed E-state index contributed by atoms with van der Waals surface area (Å²) in [7, 11) is 2.13. The van der Waals surface area contributed by atoms with Crippen LogP contribution in [0.15, 0.2) is 16.5 Å². The third-order valence-corrected chi connectivity index (χ3v) is 3.39. The Morgan fingerprint density at radius 2 is 2.18 bits per heavy atom. The standard InChI is InChI=1S/C13H22N2O2/c1-11-3-4-12(17-11)5-6-15(2)8-13(7-14)9-16-10-13/h3-4H,5-10,14H2,1-2H3. The molecule has 0 aromatic carbocycles. The summed E-state index contributed by atoms with van der Waals surface area (Å²) in [4.78, 5) is 2.31. The van der Waals surface area contributed by atoms with Crippen molar-refractivity contribution in [1.82, 2.24) is 4.90 Å². The van der Waals surface area contributed by atoms with Gasteiger partial charge in [-0.15, -0.1) is 0 Å². The van der Waals surface area contributed by atoms with Crippen molar-refractivity contribution in [3.05, 3.63) is 23.7 Å². The van der Waals surface area contributed by atoms with E-state index in [1.807, 2.05) is 19.1 Å². The van der Waals surface area contributed by atoms with Crippen LogP contribution in [0.2, 0.25) is 0 Å². The Bertz CT molecular complexity index is 353. The topological polar surface area (TPSA) is 51.6 Å². The van der Waals surface area contributed by atoms with Crippen molar-refractivity contribution in [2.45, 2.75) is 13.3 Å². The van der Waals surface area contributed by atoms with E-state index in [9.17, 15) is 0 Å². The number of furan rings is 1. The molecule has 0 unspecified atom stereocenters. The van der Waals surface area contributed by atoms with Gasteiger partial charge in [0.25, 0.3) is 0 Å². The Labute approximate surface area is 103 Å². The van der Waals surface area contributed by atoms with Crippen molar-refractivity contribution < 1.29 is 9.15 Å². The Hall–Kier alpha value is -0.840. The van der Waals surface area contributed by atoms with E-state index in [0.717, 1.165) is 44.2 Å². The molecule has 1 aromatic rings. The van der Waals surface area contributed by atoms with Crippen molar-refractivity contribution in [2.75, 3.05) is 39.9 Å². The highest BCUT2D eigenvalue weighted by molar-refractivity contribution is 5.05. The monoisotopic (exact) mass is 238 g/mol. The van der Waals surface area contributed by atoms with E-state index >= 15 is 0 Å². The summed E-state index contributed by atoms with van der Waals surface area (Å²) in [5, 5.41) is 0. The third kappa shape index (κ3) is 3.09. The van der Waals surface area contributed by atoms with E-state index in [0.29, 0.717) is 6.54 Å². The highest BCUT2D eigenvalue weighted by Gasteiger charge is 2.37. The van der Waals surface area contributed by atoms with Crippen LogP contribution in [0.5, 0.6) is 0 Å². The first kappa shape index (κ1) is 12.6. The van der Waals surface area contributed by atoms with Crippen LogP contribution in [0.3, 0.4) is 0 Å². The van der Waals surface area contributed by atoms with Crippen LogP contribution in [0, 0.1) is 12.3 Å². The number of hydrogen-bond acceptors (Lipinski definition) is 4. The Morgan fingerprint density at radius 3 is 2.65 bits per heavy atom. The fraction of sp³-hybridized carbons (Fsp3) is 0.692. The van der Waals surface area contributed by atoms with Crippen molar-refractivity contribution in [3.63, 3.8) is 0 Å². The van der Waals surface area contributed by atoms with E-state index < -0.39 is 0 Å². The van der Waals surface area contributed by atoms with Gasteiger partial charge in [0.1, 0.15) is 11.5 Å². The first-order valence-electron chi connectivity index (χ1n) is 6.15. The summed E-state index contributed by atoms with van der Waals surface area (Å²) in [6.45, 7) is 6.28. The van der Waals surface area contributed by atoms with Crippen molar-refractivity contribution in [2.24, 2.45) is 11.1 Å². The minimum Gasteiger partial charge on any atom is -0.466 e. The van der Waals surface area contributed by atoms with Crippen LogP contribution in [0.1, 0.15) is 11.5 Å². The lowest BCUT2D eigenvalue weighted by atomic mass is 9.85. The zero-order chi connectivity index (χ0) is 12.3. The first-order chi connectivity index (χ1) is 8.13. The number of rotatable bonds is 6. The molecular formula is C13H22N2O2. The van der Waals surface area contributed by atoms with Gasteiger partial charge in [-0.3, -0.25) is 0 Å². The molecule has 4 nitrogen and oxygen atoms in total. The zero-order valence-corrected chi connectivity index (χ0v) is 10.7. The minimum atomic E-state index is 0.188. The molecular weight excluding hydrogens is 216 g/mol. The smallest absolute Gasteiger partial charge is 0.105 e. The Balaban J connectivity index is 1.75. The number of nitrogens with zero attached hydrogens (tertiary/aromatic N) is 1. The number of likely N-dealkylation sites (N-methyl/N-ethyl adjacent to an activating group) is 1. The van der Waals surface area contributed by atoms with Gasteiger partial charge in [-0.25, -0.2) is 0 Å². The zero-order valence-electron chi connectivity index (χ0n) is 10.7. The molecule has 0 radical (unpaired) electrons. The molecule has 0 atom stereocenters. The molecule has 4 heteroatoms. The van der Waals surface area contributed by atoms with Gasteiger partial charge in [0.15, 0.2) is 0 Å². The summed E-state index contributed by atoms with van der Waals surface area (Å²) in [6.07, 6.45) is 0.950. The average Bonchev–Trinajstić information content (AvgIpc) is 2.67. The molecule has 0 aliphatic carbocycles. The van der Waals surface area contributed by atoms with Crippen LogP contribution in [-0.2, 0) is 11.2 Å². The van der Waals surface area contributed by atoms with Crippen LogP contribution >= 0.6 is 0 Å². The van der Waals surface area contributed by atoms with Gasteiger partial charge in [-0.05, 0) is 26.1 Å². The van der Waals surface area contributed by atoms with E-state index in [2.05, 4.69) is 11.9 Å². The molecule has 1 fully saturated rings. The predicted molar refractivity (Wildman–Crippen MR) is 67.0 cm³/mol. The maximum Gasteiger partial charge on any atom is 0.105 e. The lowest BCUT2D eigenvalue weighted by molar-refractivity contribution is -0.118. The fourth-order valence-electron chi connectivity index (χ4n) is 2.24. The number of aryl methyl sites for hydroxylation is 1. The highest BCUT2D eigenvalue weighted by Crippen LogP contribution is 2.26. The van der Waals surface area contributed by atoms with Crippen LogP contribution in [-0.4, -0.2) is 44.8 Å². The molecule has 0 bridgehead atoms. The van der Waals surface area contributed by atoms with Crippen molar-refractivity contribution >= 4 is 0 Å². The molecule has 0 spiro atoms. The molecule has 0 saturated carbocycles. The summed E-state index contributed by atoms with van der Waals surface area (Å²) in [6, 6.07) is 4.06. The molecule has 96 valence electrons. The van der Waals surface area contributed by atoms with Crippen LogP contribution in [0.4, 0.5) is 0 Å². The van der Waals surface area contributed by atoms with Crippen LogP contribution in [0.25, 0.3) is 0 Å². The molecule has 17 heavy (non-hydrogen) atoms. The van der Waals surface area contributed by atoms with Gasteiger partial charge in [0.05, 0.1) is 13.2 Å². The molecule has 1 aliphatic rings. The second-order valence-electron chi connectivity index (χ2n) is 5.20. The molecule has 1 saturated heterocycles. The minimum absolute atomic E-state index is 0.188. The molecule has 2 heterocycles. The van der Waals surface area contributed by atoms with Gasteiger partial charge in [-0.2, -0.15) is 0 Å². The lowest BCUT2D eigenvalue weighted by Gasteiger charge is -2.43. The SMILES string of the molecule is Cc1ccc(CCN(C)CC2(CN)COC2)o1. The maximum absolute atomic E-state index is 5.80. The third-order valence-electron chi connectivity index (χ3n) is 3.39. The maximum atomic E-state index is 5.80. The van der Waals surface area contributed by atoms with Crippen molar-refractivity contribution in [1.29, 1.82) is 0 Å². The average molecular weight is 238 g/mol. The summed E-state index contributed by atoms with van der Waals surface area (Å²) >= 11 is 0. The van der Waals surface area contributed by atoms with E-state index in [1.54, 1.807) is 0 Å². The summed E-state index contributed by atoms with van der Waals surface area (Å²) in [5.41, 5.74) is 5.99. The van der Waals surface area contributed by atoms with E-state index in [-0.39, 0.29) is 5.41 Å². The Kier molecular flexibility index (Phi) is 3.86.